The predicted molar refractivity (Wildman–Crippen MR) is 61.4 cm³/mol. The summed E-state index contributed by atoms with van der Waals surface area (Å²) in [5.74, 6) is -0.170. The Morgan fingerprint density at radius 1 is 1.50 bits per heavy atom. The third-order valence-corrected chi connectivity index (χ3v) is 2.27. The van der Waals surface area contributed by atoms with E-state index in [9.17, 15) is 4.79 Å². The molecule has 3 N–H and O–H groups in total. The van der Waals surface area contributed by atoms with Crippen LogP contribution in [0.5, 0.6) is 0 Å². The van der Waals surface area contributed by atoms with E-state index in [4.69, 9.17) is 5.73 Å². The highest BCUT2D eigenvalue weighted by Gasteiger charge is 2.11. The van der Waals surface area contributed by atoms with Crippen LogP contribution >= 0.6 is 0 Å². The number of carbonyl (C=O) groups is 1. The molecule has 0 fully saturated rings. The molecule has 16 heavy (non-hydrogen) atoms. The molecule has 0 spiro atoms. The summed E-state index contributed by atoms with van der Waals surface area (Å²) in [6.45, 7) is 0. The van der Waals surface area contributed by atoms with Crippen molar-refractivity contribution in [3.8, 4) is 5.69 Å². The van der Waals surface area contributed by atoms with Crippen molar-refractivity contribution in [2.75, 3.05) is 12.8 Å². The number of amides is 1. The number of nitrogens with two attached hydrogens (primary N) is 1. The normalized spacial score (nSPS) is 10.1. The number of aromatic nitrogens is 2. The SMILES string of the molecule is CNC(=O)c1cc(N)ccc1-n1ccnc1. The summed E-state index contributed by atoms with van der Waals surface area (Å²) in [7, 11) is 1.59. The second-order valence-corrected chi connectivity index (χ2v) is 3.33. The van der Waals surface area contributed by atoms with E-state index in [2.05, 4.69) is 10.3 Å². The van der Waals surface area contributed by atoms with E-state index >= 15 is 0 Å². The smallest absolute Gasteiger partial charge is 0.253 e. The average molecular weight is 216 g/mol. The number of benzene rings is 1. The van der Waals surface area contributed by atoms with Gasteiger partial charge in [-0.1, -0.05) is 0 Å². The Morgan fingerprint density at radius 3 is 2.94 bits per heavy atom. The molecule has 1 heterocycles. The van der Waals surface area contributed by atoms with Gasteiger partial charge in [0.25, 0.3) is 5.91 Å². The lowest BCUT2D eigenvalue weighted by Crippen LogP contribution is -2.20. The topological polar surface area (TPSA) is 72.9 Å². The molecule has 0 aliphatic carbocycles. The van der Waals surface area contributed by atoms with Crippen molar-refractivity contribution in [1.82, 2.24) is 14.9 Å². The number of nitrogens with one attached hydrogen (secondary N) is 1. The Bertz CT molecular complexity index is 505. The Kier molecular flexibility index (Phi) is 2.59. The van der Waals surface area contributed by atoms with E-state index in [1.165, 1.54) is 0 Å². The van der Waals surface area contributed by atoms with Crippen molar-refractivity contribution in [1.29, 1.82) is 0 Å². The molecular formula is C11H12N4O. The van der Waals surface area contributed by atoms with Gasteiger partial charge in [-0.25, -0.2) is 4.98 Å². The highest BCUT2D eigenvalue weighted by atomic mass is 16.1. The summed E-state index contributed by atoms with van der Waals surface area (Å²) in [5.41, 5.74) is 7.51. The van der Waals surface area contributed by atoms with Crippen LogP contribution in [0.25, 0.3) is 5.69 Å². The number of nitrogen functional groups attached to an aromatic ring is 1. The Balaban J connectivity index is 2.57. The highest BCUT2D eigenvalue weighted by molar-refractivity contribution is 5.98. The van der Waals surface area contributed by atoms with Crippen LogP contribution in [0.4, 0.5) is 5.69 Å². The van der Waals surface area contributed by atoms with Gasteiger partial charge in [-0.2, -0.15) is 0 Å². The van der Waals surface area contributed by atoms with E-state index in [1.807, 2.05) is 0 Å². The Hall–Kier alpha value is -2.30. The summed E-state index contributed by atoms with van der Waals surface area (Å²) in [5, 5.41) is 2.58. The third-order valence-electron chi connectivity index (χ3n) is 2.27. The van der Waals surface area contributed by atoms with Gasteiger partial charge in [0, 0.05) is 25.1 Å². The van der Waals surface area contributed by atoms with E-state index in [1.54, 1.807) is 48.5 Å². The molecule has 1 aromatic carbocycles. The van der Waals surface area contributed by atoms with Crippen LogP contribution in [0.3, 0.4) is 0 Å². The van der Waals surface area contributed by atoms with Crippen molar-refractivity contribution in [3.05, 3.63) is 42.5 Å². The Morgan fingerprint density at radius 2 is 2.31 bits per heavy atom. The molecule has 0 unspecified atom stereocenters. The molecule has 0 atom stereocenters. The van der Waals surface area contributed by atoms with Crippen LogP contribution in [0.15, 0.2) is 36.9 Å². The standard InChI is InChI=1S/C11H12N4O/c1-13-11(16)9-6-8(12)2-3-10(9)15-5-4-14-7-15/h2-7H,12H2,1H3,(H,13,16). The number of nitrogens with zero attached hydrogens (tertiary/aromatic N) is 2. The third kappa shape index (κ3) is 1.75. The van der Waals surface area contributed by atoms with Crippen molar-refractivity contribution in [2.45, 2.75) is 0 Å². The molecule has 0 bridgehead atoms. The molecule has 0 saturated carbocycles. The first-order valence-electron chi connectivity index (χ1n) is 4.82. The molecule has 5 nitrogen and oxygen atoms in total. The number of hydrogen-bond acceptors (Lipinski definition) is 3. The molecule has 82 valence electrons. The second-order valence-electron chi connectivity index (χ2n) is 3.33. The van der Waals surface area contributed by atoms with Gasteiger partial charge in [0.15, 0.2) is 0 Å². The number of imidazole rings is 1. The molecule has 0 saturated heterocycles. The van der Waals surface area contributed by atoms with Gasteiger partial charge in [0.2, 0.25) is 0 Å². The van der Waals surface area contributed by atoms with Crippen LogP contribution < -0.4 is 11.1 Å². The minimum absolute atomic E-state index is 0.170. The van der Waals surface area contributed by atoms with Crippen LogP contribution in [0, 0.1) is 0 Å². The van der Waals surface area contributed by atoms with E-state index in [0.717, 1.165) is 5.69 Å². The zero-order chi connectivity index (χ0) is 11.5. The van der Waals surface area contributed by atoms with Gasteiger partial charge in [-0.3, -0.25) is 4.79 Å². The maximum Gasteiger partial charge on any atom is 0.253 e. The number of anilines is 1. The van der Waals surface area contributed by atoms with Gasteiger partial charge in [0.05, 0.1) is 17.6 Å². The highest BCUT2D eigenvalue weighted by Crippen LogP contribution is 2.17. The summed E-state index contributed by atoms with van der Waals surface area (Å²) in [6.07, 6.45) is 5.07. The molecular weight excluding hydrogens is 204 g/mol. The van der Waals surface area contributed by atoms with E-state index in [0.29, 0.717) is 11.3 Å². The van der Waals surface area contributed by atoms with Gasteiger partial charge >= 0.3 is 0 Å². The van der Waals surface area contributed by atoms with Crippen LogP contribution in [-0.2, 0) is 0 Å². The minimum atomic E-state index is -0.170. The number of rotatable bonds is 2. The Labute approximate surface area is 92.9 Å². The molecule has 2 rings (SSSR count). The van der Waals surface area contributed by atoms with Crippen molar-refractivity contribution < 1.29 is 4.79 Å². The predicted octanol–water partition coefficient (Wildman–Crippen LogP) is 0.814. The van der Waals surface area contributed by atoms with Crippen LogP contribution in [0.1, 0.15) is 10.4 Å². The molecule has 5 heteroatoms. The second kappa shape index (κ2) is 4.06. The summed E-state index contributed by atoms with van der Waals surface area (Å²) in [4.78, 5) is 15.6. The lowest BCUT2D eigenvalue weighted by atomic mass is 10.1. The lowest BCUT2D eigenvalue weighted by molar-refractivity contribution is 0.0963. The number of carbonyl (C=O) groups excluding carboxylic acids is 1. The maximum absolute atomic E-state index is 11.7. The maximum atomic E-state index is 11.7. The summed E-state index contributed by atoms with van der Waals surface area (Å²) in [6, 6.07) is 5.19. The average Bonchev–Trinajstić information content (AvgIpc) is 2.81. The zero-order valence-electron chi connectivity index (χ0n) is 8.84. The summed E-state index contributed by atoms with van der Waals surface area (Å²) < 4.78 is 1.77. The lowest BCUT2D eigenvalue weighted by Gasteiger charge is -2.09. The molecule has 0 aliphatic heterocycles. The molecule has 0 aliphatic rings. The summed E-state index contributed by atoms with van der Waals surface area (Å²) >= 11 is 0. The first-order valence-corrected chi connectivity index (χ1v) is 4.82. The van der Waals surface area contributed by atoms with Crippen molar-refractivity contribution in [2.24, 2.45) is 0 Å². The van der Waals surface area contributed by atoms with Crippen LogP contribution in [0.2, 0.25) is 0 Å². The fourth-order valence-corrected chi connectivity index (χ4v) is 1.50. The van der Waals surface area contributed by atoms with Crippen molar-refractivity contribution >= 4 is 11.6 Å². The largest absolute Gasteiger partial charge is 0.399 e. The number of hydrogen-bond donors (Lipinski definition) is 2. The van der Waals surface area contributed by atoms with Gasteiger partial charge in [0.1, 0.15) is 0 Å². The molecule has 1 aromatic heterocycles. The van der Waals surface area contributed by atoms with E-state index < -0.39 is 0 Å². The van der Waals surface area contributed by atoms with Gasteiger partial charge in [-0.05, 0) is 18.2 Å². The van der Waals surface area contributed by atoms with Gasteiger partial charge < -0.3 is 15.6 Å². The quantitative estimate of drug-likeness (QED) is 0.730. The fourth-order valence-electron chi connectivity index (χ4n) is 1.50. The zero-order valence-corrected chi connectivity index (χ0v) is 8.84. The molecule has 1 amide bonds. The monoisotopic (exact) mass is 216 g/mol. The molecule has 2 aromatic rings. The first-order chi connectivity index (χ1) is 7.72. The first kappa shape index (κ1) is 10.2. The molecule has 0 radical (unpaired) electrons. The van der Waals surface area contributed by atoms with Crippen molar-refractivity contribution in [3.63, 3.8) is 0 Å². The minimum Gasteiger partial charge on any atom is -0.399 e. The van der Waals surface area contributed by atoms with Gasteiger partial charge in [-0.15, -0.1) is 0 Å². The van der Waals surface area contributed by atoms with E-state index in [-0.39, 0.29) is 5.91 Å². The van der Waals surface area contributed by atoms with Crippen LogP contribution in [-0.4, -0.2) is 22.5 Å². The fraction of sp³-hybridized carbons (Fsp3) is 0.0909.